The number of hydrogen-bond acceptors (Lipinski definition) is 3. The van der Waals surface area contributed by atoms with E-state index in [0.29, 0.717) is 12.3 Å². The molecule has 0 saturated carbocycles. The standard InChI is InChI=1S/C11H13NO2.C6H5/c1-2-14-11(13)7-6-9-4-3-5-10(12)8-9;1-2-4-6-5-3-1/h3-8H,2,12H2,1H3;1-5H. The molecule has 103 valence electrons. The van der Waals surface area contributed by atoms with Crippen LogP contribution in [0.25, 0.3) is 6.08 Å². The van der Waals surface area contributed by atoms with Crippen molar-refractivity contribution in [2.75, 3.05) is 12.3 Å². The Morgan fingerprint density at radius 2 is 2.00 bits per heavy atom. The molecule has 20 heavy (non-hydrogen) atoms. The van der Waals surface area contributed by atoms with E-state index in [-0.39, 0.29) is 5.97 Å². The Morgan fingerprint density at radius 3 is 2.50 bits per heavy atom. The molecule has 0 aliphatic rings. The van der Waals surface area contributed by atoms with E-state index in [2.05, 4.69) is 6.07 Å². The summed E-state index contributed by atoms with van der Waals surface area (Å²) in [7, 11) is 0. The second-order valence-corrected chi connectivity index (χ2v) is 3.83. The van der Waals surface area contributed by atoms with Crippen molar-refractivity contribution in [3.63, 3.8) is 0 Å². The second kappa shape index (κ2) is 9.39. The van der Waals surface area contributed by atoms with Crippen molar-refractivity contribution >= 4 is 17.7 Å². The van der Waals surface area contributed by atoms with Gasteiger partial charge in [-0.05, 0) is 36.8 Å². The number of carbonyl (C=O) groups is 1. The van der Waals surface area contributed by atoms with Crippen molar-refractivity contribution in [3.8, 4) is 0 Å². The number of esters is 1. The Labute approximate surface area is 119 Å². The maximum atomic E-state index is 11.0. The van der Waals surface area contributed by atoms with Gasteiger partial charge in [-0.15, -0.1) is 0 Å². The number of ether oxygens (including phenoxy) is 1. The number of nitrogen functional groups attached to an aromatic ring is 1. The van der Waals surface area contributed by atoms with Crippen LogP contribution in [0.5, 0.6) is 0 Å². The van der Waals surface area contributed by atoms with E-state index in [4.69, 9.17) is 10.5 Å². The fraction of sp³-hybridized carbons (Fsp3) is 0.118. The van der Waals surface area contributed by atoms with Crippen LogP contribution in [-0.4, -0.2) is 12.6 Å². The number of rotatable bonds is 3. The molecule has 0 saturated heterocycles. The number of carbonyl (C=O) groups excluding carboxylic acids is 1. The third kappa shape index (κ3) is 7.01. The second-order valence-electron chi connectivity index (χ2n) is 3.83. The summed E-state index contributed by atoms with van der Waals surface area (Å²) in [5, 5.41) is 0. The van der Waals surface area contributed by atoms with Crippen molar-refractivity contribution in [1.29, 1.82) is 0 Å². The molecule has 3 heteroatoms. The average Bonchev–Trinajstić information content (AvgIpc) is 2.48. The monoisotopic (exact) mass is 268 g/mol. The fourth-order valence-corrected chi connectivity index (χ4v) is 1.36. The lowest BCUT2D eigenvalue weighted by Crippen LogP contribution is -1.98. The van der Waals surface area contributed by atoms with Gasteiger partial charge in [-0.3, -0.25) is 0 Å². The van der Waals surface area contributed by atoms with E-state index in [0.717, 1.165) is 5.56 Å². The number of anilines is 1. The largest absolute Gasteiger partial charge is 0.463 e. The first-order chi connectivity index (χ1) is 9.72. The van der Waals surface area contributed by atoms with Gasteiger partial charge in [-0.1, -0.05) is 42.5 Å². The topological polar surface area (TPSA) is 52.3 Å². The van der Waals surface area contributed by atoms with Crippen LogP contribution in [0, 0.1) is 6.07 Å². The van der Waals surface area contributed by atoms with E-state index >= 15 is 0 Å². The lowest BCUT2D eigenvalue weighted by molar-refractivity contribution is -0.137. The van der Waals surface area contributed by atoms with E-state index in [1.807, 2.05) is 42.5 Å². The minimum atomic E-state index is -0.338. The first-order valence-corrected chi connectivity index (χ1v) is 6.34. The van der Waals surface area contributed by atoms with Gasteiger partial charge in [0, 0.05) is 11.8 Å². The van der Waals surface area contributed by atoms with Gasteiger partial charge in [0.05, 0.1) is 6.61 Å². The molecule has 0 bridgehead atoms. The Morgan fingerprint density at radius 1 is 1.25 bits per heavy atom. The van der Waals surface area contributed by atoms with Gasteiger partial charge >= 0.3 is 5.97 Å². The molecule has 2 aromatic carbocycles. The van der Waals surface area contributed by atoms with Crippen LogP contribution < -0.4 is 5.73 Å². The third-order valence-electron chi connectivity index (χ3n) is 2.22. The van der Waals surface area contributed by atoms with E-state index in [1.165, 1.54) is 6.08 Å². The van der Waals surface area contributed by atoms with Crippen LogP contribution in [0.4, 0.5) is 5.69 Å². The predicted octanol–water partition coefficient (Wildman–Crippen LogP) is 3.33. The van der Waals surface area contributed by atoms with E-state index in [1.54, 1.807) is 25.1 Å². The number of nitrogens with two attached hydrogens (primary N) is 1. The van der Waals surface area contributed by atoms with Crippen LogP contribution in [0.15, 0.2) is 60.7 Å². The van der Waals surface area contributed by atoms with Gasteiger partial charge in [0.15, 0.2) is 0 Å². The quantitative estimate of drug-likeness (QED) is 0.527. The van der Waals surface area contributed by atoms with Crippen LogP contribution in [-0.2, 0) is 9.53 Å². The zero-order valence-electron chi connectivity index (χ0n) is 11.5. The summed E-state index contributed by atoms with van der Waals surface area (Å²) >= 11 is 0. The van der Waals surface area contributed by atoms with Gasteiger partial charge in [-0.25, -0.2) is 4.79 Å². The molecule has 0 aromatic heterocycles. The Balaban J connectivity index is 0.000000276. The summed E-state index contributed by atoms with van der Waals surface area (Å²) in [6.07, 6.45) is 3.06. The molecule has 2 aromatic rings. The van der Waals surface area contributed by atoms with Crippen LogP contribution in [0.2, 0.25) is 0 Å². The average molecular weight is 268 g/mol. The molecule has 0 unspecified atom stereocenters. The van der Waals surface area contributed by atoms with Gasteiger partial charge in [0.25, 0.3) is 0 Å². The molecule has 2 rings (SSSR count). The van der Waals surface area contributed by atoms with Gasteiger partial charge in [0.1, 0.15) is 0 Å². The number of benzene rings is 2. The molecule has 3 nitrogen and oxygen atoms in total. The molecule has 0 spiro atoms. The van der Waals surface area contributed by atoms with Crippen LogP contribution in [0.3, 0.4) is 0 Å². The molecule has 2 N–H and O–H groups in total. The summed E-state index contributed by atoms with van der Waals surface area (Å²) in [5.74, 6) is -0.338. The molecule has 0 fully saturated rings. The molecule has 0 atom stereocenters. The molecule has 0 aliphatic carbocycles. The highest BCUT2D eigenvalue weighted by Crippen LogP contribution is 2.07. The fourth-order valence-electron chi connectivity index (χ4n) is 1.36. The summed E-state index contributed by atoms with van der Waals surface area (Å²) in [5.41, 5.74) is 7.14. The zero-order chi connectivity index (χ0) is 14.6. The predicted molar refractivity (Wildman–Crippen MR) is 81.8 cm³/mol. The van der Waals surface area contributed by atoms with Crippen LogP contribution >= 0.6 is 0 Å². The highest BCUT2D eigenvalue weighted by molar-refractivity contribution is 5.87. The van der Waals surface area contributed by atoms with Crippen molar-refractivity contribution in [1.82, 2.24) is 0 Å². The maximum absolute atomic E-state index is 11.0. The first-order valence-electron chi connectivity index (χ1n) is 6.34. The first kappa shape index (κ1) is 15.5. The van der Waals surface area contributed by atoms with Crippen molar-refractivity contribution in [3.05, 3.63) is 72.3 Å². The summed E-state index contributed by atoms with van der Waals surface area (Å²) in [4.78, 5) is 11.0. The maximum Gasteiger partial charge on any atom is 0.330 e. The minimum Gasteiger partial charge on any atom is -0.463 e. The Hall–Kier alpha value is -2.55. The summed E-state index contributed by atoms with van der Waals surface area (Å²) in [6.45, 7) is 2.16. The lowest BCUT2D eigenvalue weighted by Gasteiger charge is -1.96. The normalized spacial score (nSPS) is 9.65. The molecule has 0 aliphatic heterocycles. The van der Waals surface area contributed by atoms with Gasteiger partial charge in [-0.2, -0.15) is 0 Å². The number of hydrogen-bond donors (Lipinski definition) is 1. The van der Waals surface area contributed by atoms with E-state index in [9.17, 15) is 4.79 Å². The molecular formula is C17H18NO2. The van der Waals surface area contributed by atoms with Crippen molar-refractivity contribution in [2.45, 2.75) is 6.92 Å². The SMILES string of the molecule is CCOC(=O)C=Cc1cccc(N)c1.[c]1ccccc1. The van der Waals surface area contributed by atoms with Crippen molar-refractivity contribution in [2.24, 2.45) is 0 Å². The smallest absolute Gasteiger partial charge is 0.330 e. The van der Waals surface area contributed by atoms with Crippen molar-refractivity contribution < 1.29 is 9.53 Å². The third-order valence-corrected chi connectivity index (χ3v) is 2.22. The molecule has 0 amide bonds. The molecule has 0 heterocycles. The van der Waals surface area contributed by atoms with E-state index < -0.39 is 0 Å². The van der Waals surface area contributed by atoms with Gasteiger partial charge < -0.3 is 10.5 Å². The minimum absolute atomic E-state index is 0.338. The zero-order valence-corrected chi connectivity index (χ0v) is 11.5. The van der Waals surface area contributed by atoms with Gasteiger partial charge in [0.2, 0.25) is 0 Å². The molecule has 1 radical (unpaired) electrons. The van der Waals surface area contributed by atoms with Crippen LogP contribution in [0.1, 0.15) is 12.5 Å². The highest BCUT2D eigenvalue weighted by atomic mass is 16.5. The molecular weight excluding hydrogens is 250 g/mol. The summed E-state index contributed by atoms with van der Waals surface area (Å²) < 4.78 is 4.74. The Kier molecular flexibility index (Phi) is 7.28. The Bertz CT molecular complexity index is 509. The lowest BCUT2D eigenvalue weighted by atomic mass is 10.2. The summed E-state index contributed by atoms with van der Waals surface area (Å²) in [6, 6.07) is 19.8. The highest BCUT2D eigenvalue weighted by Gasteiger charge is 1.93.